The number of nitrogens with one attached hydrogen (secondary N) is 3. The molecule has 7 heteroatoms. The van der Waals surface area contributed by atoms with Crippen LogP contribution in [0.5, 0.6) is 0 Å². The molecule has 0 saturated heterocycles. The highest BCUT2D eigenvalue weighted by Gasteiger charge is 2.11. The van der Waals surface area contributed by atoms with Crippen LogP contribution in [0.3, 0.4) is 0 Å². The summed E-state index contributed by atoms with van der Waals surface area (Å²) < 4.78 is 0. The molecule has 2 rings (SSSR count). The topological polar surface area (TPSA) is 69.8 Å². The third-order valence-corrected chi connectivity index (χ3v) is 3.28. The molecule has 114 valence electrons. The largest absolute Gasteiger partial charge is 0.349 e. The first kappa shape index (κ1) is 17.5. The number of benzene rings is 1. The van der Waals surface area contributed by atoms with Crippen LogP contribution in [0.2, 0.25) is 5.02 Å². The van der Waals surface area contributed by atoms with Crippen molar-refractivity contribution in [1.82, 2.24) is 20.8 Å². The normalized spacial score (nSPS) is 11.6. The lowest BCUT2D eigenvalue weighted by Gasteiger charge is -2.10. The first-order chi connectivity index (χ1) is 9.60. The number of carbonyl (C=O) groups is 1. The van der Waals surface area contributed by atoms with Crippen molar-refractivity contribution in [3.05, 3.63) is 41.0 Å². The van der Waals surface area contributed by atoms with Gasteiger partial charge in [-0.2, -0.15) is 5.10 Å². The SMILES string of the molecule is CNC(C)CNC(=O)c1cc(-c2ccc(Cl)cc2)n[nH]1.Cl. The second-order valence-corrected chi connectivity index (χ2v) is 5.01. The molecular formula is C14H18Cl2N4O. The summed E-state index contributed by atoms with van der Waals surface area (Å²) in [5.74, 6) is -0.167. The van der Waals surface area contributed by atoms with E-state index in [4.69, 9.17) is 11.6 Å². The minimum atomic E-state index is -0.167. The Morgan fingerprint density at radius 3 is 2.67 bits per heavy atom. The number of H-pyrrole nitrogens is 1. The van der Waals surface area contributed by atoms with E-state index in [1.54, 1.807) is 18.2 Å². The first-order valence-electron chi connectivity index (χ1n) is 6.37. The number of aromatic amines is 1. The summed E-state index contributed by atoms with van der Waals surface area (Å²) in [6, 6.07) is 9.26. The van der Waals surface area contributed by atoms with Crippen molar-refractivity contribution in [2.24, 2.45) is 0 Å². The number of aromatic nitrogens is 2. The number of hydrogen-bond donors (Lipinski definition) is 3. The van der Waals surface area contributed by atoms with Gasteiger partial charge < -0.3 is 10.6 Å². The van der Waals surface area contributed by atoms with E-state index in [0.717, 1.165) is 5.56 Å². The van der Waals surface area contributed by atoms with Crippen LogP contribution < -0.4 is 10.6 Å². The molecule has 1 atom stereocenters. The molecule has 1 amide bonds. The molecular weight excluding hydrogens is 311 g/mol. The molecule has 0 spiro atoms. The Morgan fingerprint density at radius 1 is 1.38 bits per heavy atom. The second kappa shape index (κ2) is 8.02. The van der Waals surface area contributed by atoms with Gasteiger partial charge in [0.15, 0.2) is 0 Å². The van der Waals surface area contributed by atoms with Gasteiger partial charge in [0.25, 0.3) is 5.91 Å². The summed E-state index contributed by atoms with van der Waals surface area (Å²) >= 11 is 5.84. The number of amides is 1. The van der Waals surface area contributed by atoms with Gasteiger partial charge in [-0.25, -0.2) is 0 Å². The van der Waals surface area contributed by atoms with Gasteiger partial charge in [-0.15, -0.1) is 12.4 Å². The van der Waals surface area contributed by atoms with Crippen LogP contribution >= 0.6 is 24.0 Å². The van der Waals surface area contributed by atoms with Gasteiger partial charge in [0.2, 0.25) is 0 Å². The van der Waals surface area contributed by atoms with Crippen LogP contribution in [0, 0.1) is 0 Å². The molecule has 0 aliphatic heterocycles. The second-order valence-electron chi connectivity index (χ2n) is 4.57. The number of likely N-dealkylation sites (N-methyl/N-ethyl adjacent to an activating group) is 1. The van der Waals surface area contributed by atoms with Gasteiger partial charge in [-0.3, -0.25) is 9.89 Å². The Kier molecular flexibility index (Phi) is 6.68. The fraction of sp³-hybridized carbons (Fsp3) is 0.286. The van der Waals surface area contributed by atoms with Crippen LogP contribution in [0.15, 0.2) is 30.3 Å². The quantitative estimate of drug-likeness (QED) is 0.789. The summed E-state index contributed by atoms with van der Waals surface area (Å²) in [5.41, 5.74) is 2.07. The number of carbonyl (C=O) groups excluding carboxylic acids is 1. The van der Waals surface area contributed by atoms with Crippen LogP contribution in [-0.4, -0.2) is 35.7 Å². The average molecular weight is 329 g/mol. The van der Waals surface area contributed by atoms with E-state index in [2.05, 4.69) is 20.8 Å². The van der Waals surface area contributed by atoms with Gasteiger partial charge in [-0.05, 0) is 32.2 Å². The van der Waals surface area contributed by atoms with Crippen molar-refractivity contribution in [1.29, 1.82) is 0 Å². The molecule has 0 saturated carbocycles. The van der Waals surface area contributed by atoms with E-state index in [0.29, 0.717) is 23.0 Å². The summed E-state index contributed by atoms with van der Waals surface area (Å²) in [4.78, 5) is 11.9. The minimum Gasteiger partial charge on any atom is -0.349 e. The van der Waals surface area contributed by atoms with Gasteiger partial charge in [-0.1, -0.05) is 23.7 Å². The van der Waals surface area contributed by atoms with Crippen LogP contribution in [-0.2, 0) is 0 Å². The van der Waals surface area contributed by atoms with E-state index in [1.807, 2.05) is 26.1 Å². The highest BCUT2D eigenvalue weighted by Crippen LogP contribution is 2.20. The number of hydrogen-bond acceptors (Lipinski definition) is 3. The molecule has 0 fully saturated rings. The maximum Gasteiger partial charge on any atom is 0.269 e. The van der Waals surface area contributed by atoms with Crippen molar-refractivity contribution in [3.63, 3.8) is 0 Å². The Hall–Kier alpha value is -1.56. The predicted molar refractivity (Wildman–Crippen MR) is 87.1 cm³/mol. The molecule has 1 aromatic heterocycles. The zero-order valence-electron chi connectivity index (χ0n) is 11.8. The van der Waals surface area contributed by atoms with Crippen LogP contribution in [0.25, 0.3) is 11.3 Å². The summed E-state index contributed by atoms with van der Waals surface area (Å²) in [7, 11) is 1.85. The smallest absolute Gasteiger partial charge is 0.269 e. The fourth-order valence-electron chi connectivity index (χ4n) is 1.65. The van der Waals surface area contributed by atoms with Crippen LogP contribution in [0.4, 0.5) is 0 Å². The monoisotopic (exact) mass is 328 g/mol. The minimum absolute atomic E-state index is 0. The van der Waals surface area contributed by atoms with E-state index in [9.17, 15) is 4.79 Å². The molecule has 0 bridgehead atoms. The molecule has 0 aliphatic carbocycles. The molecule has 5 nitrogen and oxygen atoms in total. The number of nitrogens with zero attached hydrogens (tertiary/aromatic N) is 1. The Bertz CT molecular complexity index is 583. The predicted octanol–water partition coefficient (Wildman–Crippen LogP) is 2.49. The molecule has 2 aromatic rings. The average Bonchev–Trinajstić information content (AvgIpc) is 2.95. The first-order valence-corrected chi connectivity index (χ1v) is 6.74. The van der Waals surface area contributed by atoms with Crippen LogP contribution in [0.1, 0.15) is 17.4 Å². The maximum atomic E-state index is 11.9. The number of halogens is 2. The van der Waals surface area contributed by atoms with Gasteiger partial charge >= 0.3 is 0 Å². The summed E-state index contributed by atoms with van der Waals surface area (Å²) in [6.45, 7) is 2.55. The maximum absolute atomic E-state index is 11.9. The van der Waals surface area contributed by atoms with E-state index >= 15 is 0 Å². The Balaban J connectivity index is 0.00000220. The zero-order chi connectivity index (χ0) is 14.5. The standard InChI is InChI=1S/C14H17ClN4O.ClH/c1-9(16-2)8-17-14(20)13-7-12(18-19-13)10-3-5-11(15)6-4-10;/h3-7,9,16H,8H2,1-2H3,(H,17,20)(H,18,19);1H. The third-order valence-electron chi connectivity index (χ3n) is 3.02. The molecule has 1 unspecified atom stereocenters. The molecule has 1 heterocycles. The highest BCUT2D eigenvalue weighted by molar-refractivity contribution is 6.30. The third kappa shape index (κ3) is 4.74. The summed E-state index contributed by atoms with van der Waals surface area (Å²) in [6.07, 6.45) is 0. The number of rotatable bonds is 5. The molecule has 21 heavy (non-hydrogen) atoms. The van der Waals surface area contributed by atoms with Crippen molar-refractivity contribution in [2.75, 3.05) is 13.6 Å². The van der Waals surface area contributed by atoms with Crippen molar-refractivity contribution in [2.45, 2.75) is 13.0 Å². The zero-order valence-corrected chi connectivity index (χ0v) is 13.4. The Labute approximate surface area is 134 Å². The lowest BCUT2D eigenvalue weighted by molar-refractivity contribution is 0.0945. The van der Waals surface area contributed by atoms with E-state index in [-0.39, 0.29) is 24.4 Å². The highest BCUT2D eigenvalue weighted by atomic mass is 35.5. The lowest BCUT2D eigenvalue weighted by atomic mass is 10.1. The van der Waals surface area contributed by atoms with E-state index < -0.39 is 0 Å². The Morgan fingerprint density at radius 2 is 2.05 bits per heavy atom. The molecule has 0 radical (unpaired) electrons. The lowest BCUT2D eigenvalue weighted by Crippen LogP contribution is -2.37. The van der Waals surface area contributed by atoms with E-state index in [1.165, 1.54) is 0 Å². The van der Waals surface area contributed by atoms with Gasteiger partial charge in [0, 0.05) is 23.2 Å². The van der Waals surface area contributed by atoms with Gasteiger partial charge in [0.1, 0.15) is 5.69 Å². The van der Waals surface area contributed by atoms with Crippen molar-refractivity contribution < 1.29 is 4.79 Å². The molecule has 1 aromatic carbocycles. The fourth-order valence-corrected chi connectivity index (χ4v) is 1.78. The summed E-state index contributed by atoms with van der Waals surface area (Å²) in [5, 5.41) is 13.4. The van der Waals surface area contributed by atoms with Crippen molar-refractivity contribution in [3.8, 4) is 11.3 Å². The molecule has 3 N–H and O–H groups in total. The van der Waals surface area contributed by atoms with Crippen molar-refractivity contribution >= 4 is 29.9 Å². The molecule has 0 aliphatic rings. The van der Waals surface area contributed by atoms with Gasteiger partial charge in [0.05, 0.1) is 5.69 Å².